The fourth-order valence-electron chi connectivity index (χ4n) is 1.70. The molecule has 0 saturated carbocycles. The lowest BCUT2D eigenvalue weighted by Crippen LogP contribution is -2.47. The van der Waals surface area contributed by atoms with Crippen molar-refractivity contribution in [3.05, 3.63) is 28.7 Å². The topological polar surface area (TPSA) is 52.3 Å². The molecule has 0 bridgehead atoms. The summed E-state index contributed by atoms with van der Waals surface area (Å²) in [6.45, 7) is 3.76. The summed E-state index contributed by atoms with van der Waals surface area (Å²) in [4.78, 5) is 12.7. The number of hydrogen-bond donors (Lipinski definition) is 1. The molecule has 5 heteroatoms. The molecule has 1 aromatic carbocycles. The second-order valence-electron chi connectivity index (χ2n) is 4.50. The largest absolute Gasteiger partial charge is 0.468 e. The highest BCUT2D eigenvalue weighted by atomic mass is 79.9. The van der Waals surface area contributed by atoms with Crippen LogP contribution in [0.1, 0.15) is 20.3 Å². The number of halogens is 1. The lowest BCUT2D eigenvalue weighted by molar-refractivity contribution is -0.146. The molecule has 0 radical (unpaired) electrons. The van der Waals surface area contributed by atoms with Crippen LogP contribution in [-0.2, 0) is 9.53 Å². The van der Waals surface area contributed by atoms with Crippen LogP contribution in [0.4, 0.5) is 0 Å². The Morgan fingerprint density at radius 1 is 1.50 bits per heavy atom. The second-order valence-corrected chi connectivity index (χ2v) is 6.92. The van der Waals surface area contributed by atoms with Crippen molar-refractivity contribution in [2.24, 2.45) is 5.73 Å². The van der Waals surface area contributed by atoms with Gasteiger partial charge in [-0.1, -0.05) is 22.9 Å². The van der Waals surface area contributed by atoms with Gasteiger partial charge in [-0.15, -0.1) is 11.8 Å². The molecule has 0 spiro atoms. The number of rotatable bonds is 5. The van der Waals surface area contributed by atoms with E-state index < -0.39 is 5.54 Å². The van der Waals surface area contributed by atoms with Crippen molar-refractivity contribution in [3.8, 4) is 0 Å². The van der Waals surface area contributed by atoms with Gasteiger partial charge in [-0.05, 0) is 37.6 Å². The zero-order valence-corrected chi connectivity index (χ0v) is 13.2. The number of carbonyl (C=O) groups excluding carboxylic acids is 1. The summed E-state index contributed by atoms with van der Waals surface area (Å²) >= 11 is 5.10. The van der Waals surface area contributed by atoms with E-state index >= 15 is 0 Å². The Morgan fingerprint density at radius 2 is 2.06 bits per heavy atom. The molecule has 0 heterocycles. The van der Waals surface area contributed by atoms with E-state index in [0.29, 0.717) is 6.42 Å². The van der Waals surface area contributed by atoms with Crippen LogP contribution in [0.25, 0.3) is 0 Å². The molecule has 0 aromatic heterocycles. The summed E-state index contributed by atoms with van der Waals surface area (Å²) in [5, 5.41) is 0.236. The van der Waals surface area contributed by atoms with E-state index in [1.54, 1.807) is 18.7 Å². The Kier molecular flexibility index (Phi) is 5.69. The van der Waals surface area contributed by atoms with E-state index in [0.717, 1.165) is 9.37 Å². The van der Waals surface area contributed by atoms with E-state index in [9.17, 15) is 4.79 Å². The SMILES string of the molecule is COC(=O)C(C)(N)CC(C)Sc1ccc(Br)cc1. The van der Waals surface area contributed by atoms with Crippen molar-refractivity contribution in [1.82, 2.24) is 0 Å². The van der Waals surface area contributed by atoms with Crippen LogP contribution in [0.2, 0.25) is 0 Å². The van der Waals surface area contributed by atoms with E-state index in [-0.39, 0.29) is 11.2 Å². The Labute approximate surface area is 121 Å². The lowest BCUT2D eigenvalue weighted by Gasteiger charge is -2.24. The average molecular weight is 332 g/mol. The van der Waals surface area contributed by atoms with Gasteiger partial charge in [0.05, 0.1) is 7.11 Å². The van der Waals surface area contributed by atoms with Crippen LogP contribution < -0.4 is 5.73 Å². The molecule has 0 fully saturated rings. The molecular weight excluding hydrogens is 314 g/mol. The monoisotopic (exact) mass is 331 g/mol. The Balaban J connectivity index is 2.58. The smallest absolute Gasteiger partial charge is 0.325 e. The summed E-state index contributed by atoms with van der Waals surface area (Å²) in [5.41, 5.74) is 5.02. The van der Waals surface area contributed by atoms with Gasteiger partial charge < -0.3 is 10.5 Å². The number of esters is 1. The van der Waals surface area contributed by atoms with Gasteiger partial charge in [0, 0.05) is 14.6 Å². The first-order chi connectivity index (χ1) is 8.35. The predicted molar refractivity (Wildman–Crippen MR) is 78.7 cm³/mol. The van der Waals surface area contributed by atoms with Crippen molar-refractivity contribution < 1.29 is 9.53 Å². The van der Waals surface area contributed by atoms with Gasteiger partial charge in [0.15, 0.2) is 0 Å². The third-order valence-electron chi connectivity index (χ3n) is 2.51. The van der Waals surface area contributed by atoms with Crippen LogP contribution in [0.5, 0.6) is 0 Å². The van der Waals surface area contributed by atoms with Crippen LogP contribution in [0.15, 0.2) is 33.6 Å². The Morgan fingerprint density at radius 3 is 2.56 bits per heavy atom. The van der Waals surface area contributed by atoms with Crippen LogP contribution in [0.3, 0.4) is 0 Å². The van der Waals surface area contributed by atoms with Crippen molar-refractivity contribution >= 4 is 33.7 Å². The number of nitrogens with two attached hydrogens (primary N) is 1. The predicted octanol–water partition coefficient (Wildman–Crippen LogP) is 3.21. The fraction of sp³-hybridized carbons (Fsp3) is 0.462. The first-order valence-electron chi connectivity index (χ1n) is 5.64. The molecule has 18 heavy (non-hydrogen) atoms. The Bertz CT molecular complexity index is 406. The molecule has 100 valence electrons. The molecule has 0 saturated heterocycles. The zero-order valence-electron chi connectivity index (χ0n) is 10.8. The fourth-order valence-corrected chi connectivity index (χ4v) is 3.15. The van der Waals surface area contributed by atoms with Crippen molar-refractivity contribution in [2.45, 2.75) is 36.0 Å². The molecular formula is C13H18BrNO2S. The number of benzene rings is 1. The molecule has 1 aromatic rings. The van der Waals surface area contributed by atoms with Gasteiger partial charge in [-0.25, -0.2) is 0 Å². The molecule has 1 rings (SSSR count). The molecule has 2 atom stereocenters. The van der Waals surface area contributed by atoms with Crippen LogP contribution in [0, 0.1) is 0 Å². The summed E-state index contributed by atoms with van der Waals surface area (Å²) in [6, 6.07) is 8.07. The number of hydrogen-bond acceptors (Lipinski definition) is 4. The third-order valence-corrected chi connectivity index (χ3v) is 4.16. The number of carbonyl (C=O) groups is 1. The molecule has 0 aliphatic heterocycles. The number of thioether (sulfide) groups is 1. The van der Waals surface area contributed by atoms with E-state index in [1.165, 1.54) is 7.11 Å². The lowest BCUT2D eigenvalue weighted by atomic mass is 9.98. The zero-order chi connectivity index (χ0) is 13.8. The van der Waals surface area contributed by atoms with Gasteiger partial charge in [0.1, 0.15) is 5.54 Å². The quantitative estimate of drug-likeness (QED) is 0.664. The van der Waals surface area contributed by atoms with Crippen LogP contribution >= 0.6 is 27.7 Å². The summed E-state index contributed by atoms with van der Waals surface area (Å²) in [6.07, 6.45) is 0.570. The van der Waals surface area contributed by atoms with Gasteiger partial charge in [0.25, 0.3) is 0 Å². The number of ether oxygens (including phenoxy) is 1. The highest BCUT2D eigenvalue weighted by Gasteiger charge is 2.31. The minimum atomic E-state index is -0.934. The summed E-state index contributed by atoms with van der Waals surface area (Å²) in [5.74, 6) is -0.370. The van der Waals surface area contributed by atoms with Crippen molar-refractivity contribution in [1.29, 1.82) is 0 Å². The van der Waals surface area contributed by atoms with Gasteiger partial charge >= 0.3 is 5.97 Å². The van der Waals surface area contributed by atoms with E-state index in [2.05, 4.69) is 22.9 Å². The second kappa shape index (κ2) is 6.59. The molecule has 2 N–H and O–H groups in total. The minimum Gasteiger partial charge on any atom is -0.468 e. The molecule has 0 aliphatic rings. The van der Waals surface area contributed by atoms with Gasteiger partial charge in [0.2, 0.25) is 0 Å². The highest BCUT2D eigenvalue weighted by molar-refractivity contribution is 9.10. The summed E-state index contributed by atoms with van der Waals surface area (Å²) < 4.78 is 5.76. The van der Waals surface area contributed by atoms with Crippen LogP contribution in [-0.4, -0.2) is 23.9 Å². The summed E-state index contributed by atoms with van der Waals surface area (Å²) in [7, 11) is 1.36. The maximum atomic E-state index is 11.5. The molecule has 0 aliphatic carbocycles. The highest BCUT2D eigenvalue weighted by Crippen LogP contribution is 2.29. The van der Waals surface area contributed by atoms with Crippen molar-refractivity contribution in [3.63, 3.8) is 0 Å². The third kappa shape index (κ3) is 4.63. The maximum absolute atomic E-state index is 11.5. The number of methoxy groups -OCH3 is 1. The molecule has 3 nitrogen and oxygen atoms in total. The normalized spacial score (nSPS) is 15.8. The standard InChI is InChI=1S/C13H18BrNO2S/c1-9(8-13(2,15)12(16)17-3)18-11-6-4-10(14)5-7-11/h4-7,9H,8,15H2,1-3H3. The average Bonchev–Trinajstić information content (AvgIpc) is 2.30. The first kappa shape index (κ1) is 15.5. The molecule has 0 amide bonds. The van der Waals surface area contributed by atoms with Gasteiger partial charge in [-0.3, -0.25) is 4.79 Å². The van der Waals surface area contributed by atoms with Crippen molar-refractivity contribution in [2.75, 3.05) is 7.11 Å². The van der Waals surface area contributed by atoms with E-state index in [4.69, 9.17) is 10.5 Å². The maximum Gasteiger partial charge on any atom is 0.325 e. The van der Waals surface area contributed by atoms with Gasteiger partial charge in [-0.2, -0.15) is 0 Å². The molecule has 2 unspecified atom stereocenters. The first-order valence-corrected chi connectivity index (χ1v) is 7.32. The minimum absolute atomic E-state index is 0.236. The Hall–Kier alpha value is -0.520. The van der Waals surface area contributed by atoms with E-state index in [1.807, 2.05) is 24.3 Å².